The Morgan fingerprint density at radius 1 is 1.09 bits per heavy atom. The molecule has 2 aromatic carbocycles. The molecule has 0 atom stereocenters. The number of benzene rings is 2. The average molecular weight is 295 g/mol. The van der Waals surface area contributed by atoms with Gasteiger partial charge in [-0.3, -0.25) is 4.79 Å². The van der Waals surface area contributed by atoms with Gasteiger partial charge in [0.15, 0.2) is 16.9 Å². The van der Waals surface area contributed by atoms with Crippen molar-refractivity contribution < 1.29 is 14.6 Å². The molecule has 1 aliphatic rings. The molecular formula is C17H13NO4. The molecule has 1 N–H and O–H groups in total. The predicted octanol–water partition coefficient (Wildman–Crippen LogP) is 2.64. The van der Waals surface area contributed by atoms with Crippen LogP contribution in [0, 0.1) is 0 Å². The summed E-state index contributed by atoms with van der Waals surface area (Å²) < 4.78 is 12.6. The zero-order valence-electron chi connectivity index (χ0n) is 11.9. The highest BCUT2D eigenvalue weighted by molar-refractivity contribution is 5.87. The van der Waals surface area contributed by atoms with Gasteiger partial charge >= 0.3 is 0 Å². The van der Waals surface area contributed by atoms with Crippen molar-refractivity contribution in [3.8, 4) is 28.5 Å². The molecule has 2 heterocycles. The van der Waals surface area contributed by atoms with E-state index in [0.717, 1.165) is 11.3 Å². The van der Waals surface area contributed by atoms with E-state index in [0.29, 0.717) is 22.4 Å². The van der Waals surface area contributed by atoms with Crippen LogP contribution >= 0.6 is 0 Å². The number of aromatic hydroxyl groups is 1. The Bertz CT molecular complexity index is 959. The molecule has 3 aromatic rings. The maximum atomic E-state index is 12.4. The van der Waals surface area contributed by atoms with Gasteiger partial charge in [-0.25, -0.2) is 0 Å². The van der Waals surface area contributed by atoms with E-state index in [1.807, 2.05) is 35.9 Å². The minimum Gasteiger partial charge on any atom is -0.507 e. The molecule has 0 spiro atoms. The highest BCUT2D eigenvalue weighted by atomic mass is 16.7. The Balaban J connectivity index is 2.00. The first-order valence-corrected chi connectivity index (χ1v) is 6.87. The molecule has 0 saturated carbocycles. The fourth-order valence-corrected chi connectivity index (χ4v) is 2.82. The zero-order chi connectivity index (χ0) is 15.3. The molecule has 0 unspecified atom stereocenters. The molecule has 0 fully saturated rings. The molecule has 110 valence electrons. The number of pyridine rings is 1. The number of nitrogens with zero attached hydrogens (tertiary/aromatic N) is 1. The van der Waals surface area contributed by atoms with E-state index in [2.05, 4.69) is 0 Å². The maximum Gasteiger partial charge on any atom is 0.231 e. The van der Waals surface area contributed by atoms with E-state index in [-0.39, 0.29) is 18.0 Å². The zero-order valence-corrected chi connectivity index (χ0v) is 11.9. The van der Waals surface area contributed by atoms with E-state index in [4.69, 9.17) is 9.47 Å². The predicted molar refractivity (Wildman–Crippen MR) is 82.4 cm³/mol. The molecule has 1 aliphatic heterocycles. The van der Waals surface area contributed by atoms with Gasteiger partial charge in [-0.15, -0.1) is 0 Å². The summed E-state index contributed by atoms with van der Waals surface area (Å²) in [5.41, 5.74) is 2.08. The number of phenolic OH excluding ortho intramolecular Hbond substituents is 1. The highest BCUT2D eigenvalue weighted by Gasteiger charge is 2.16. The van der Waals surface area contributed by atoms with Crippen LogP contribution in [-0.2, 0) is 7.05 Å². The van der Waals surface area contributed by atoms with E-state index < -0.39 is 0 Å². The average Bonchev–Trinajstić information content (AvgIpc) is 2.98. The smallest absolute Gasteiger partial charge is 0.231 e. The van der Waals surface area contributed by atoms with Crippen molar-refractivity contribution in [3.63, 3.8) is 0 Å². The summed E-state index contributed by atoms with van der Waals surface area (Å²) in [5, 5.41) is 10.2. The van der Waals surface area contributed by atoms with Gasteiger partial charge in [0, 0.05) is 18.7 Å². The van der Waals surface area contributed by atoms with Crippen LogP contribution in [0.25, 0.3) is 22.2 Å². The number of rotatable bonds is 1. The lowest BCUT2D eigenvalue weighted by Crippen LogP contribution is -2.09. The maximum absolute atomic E-state index is 12.4. The molecule has 0 radical (unpaired) electrons. The van der Waals surface area contributed by atoms with Crippen molar-refractivity contribution >= 4 is 10.9 Å². The first-order valence-electron chi connectivity index (χ1n) is 6.87. The third-order valence-electron chi connectivity index (χ3n) is 3.93. The second-order valence-electron chi connectivity index (χ2n) is 5.19. The lowest BCUT2D eigenvalue weighted by atomic mass is 10.1. The van der Waals surface area contributed by atoms with Gasteiger partial charge in [0.05, 0.1) is 16.6 Å². The summed E-state index contributed by atoms with van der Waals surface area (Å²) >= 11 is 0. The second-order valence-corrected chi connectivity index (χ2v) is 5.19. The van der Waals surface area contributed by atoms with E-state index >= 15 is 0 Å². The van der Waals surface area contributed by atoms with Gasteiger partial charge in [-0.05, 0) is 30.3 Å². The Hall–Kier alpha value is -2.95. The fourth-order valence-electron chi connectivity index (χ4n) is 2.82. The van der Waals surface area contributed by atoms with E-state index in [1.165, 1.54) is 12.1 Å². The summed E-state index contributed by atoms with van der Waals surface area (Å²) in [6.45, 7) is 0.212. The highest BCUT2D eigenvalue weighted by Crippen LogP contribution is 2.36. The van der Waals surface area contributed by atoms with Crippen LogP contribution in [0.4, 0.5) is 0 Å². The largest absolute Gasteiger partial charge is 0.507 e. The minimum atomic E-state index is -0.209. The van der Waals surface area contributed by atoms with Crippen molar-refractivity contribution in [2.75, 3.05) is 6.79 Å². The van der Waals surface area contributed by atoms with Gasteiger partial charge in [-0.1, -0.05) is 6.07 Å². The van der Waals surface area contributed by atoms with Crippen LogP contribution in [0.15, 0.2) is 47.3 Å². The van der Waals surface area contributed by atoms with Crippen LogP contribution < -0.4 is 14.9 Å². The first-order chi connectivity index (χ1) is 10.6. The van der Waals surface area contributed by atoms with Crippen molar-refractivity contribution in [1.29, 1.82) is 0 Å². The van der Waals surface area contributed by atoms with Crippen molar-refractivity contribution in [2.45, 2.75) is 0 Å². The summed E-state index contributed by atoms with van der Waals surface area (Å²) in [7, 11) is 1.86. The number of hydrogen-bond acceptors (Lipinski definition) is 4. The topological polar surface area (TPSA) is 60.7 Å². The third kappa shape index (κ3) is 1.75. The van der Waals surface area contributed by atoms with Crippen LogP contribution in [0.5, 0.6) is 17.2 Å². The molecule has 1 aromatic heterocycles. The Morgan fingerprint density at radius 3 is 2.77 bits per heavy atom. The minimum absolute atomic E-state index is 0.00432. The quantitative estimate of drug-likeness (QED) is 0.749. The molecule has 0 saturated heterocycles. The SMILES string of the molecule is Cn1c(-c2ccc3c(c2)OCO3)cc(=O)c2c(O)cccc21. The van der Waals surface area contributed by atoms with Gasteiger partial charge in [0.25, 0.3) is 0 Å². The third-order valence-corrected chi connectivity index (χ3v) is 3.93. The summed E-state index contributed by atoms with van der Waals surface area (Å²) in [6.07, 6.45) is 0. The summed E-state index contributed by atoms with van der Waals surface area (Å²) in [6, 6.07) is 12.1. The van der Waals surface area contributed by atoms with E-state index in [9.17, 15) is 9.90 Å². The molecule has 0 aliphatic carbocycles. The van der Waals surface area contributed by atoms with E-state index in [1.54, 1.807) is 6.07 Å². The van der Waals surface area contributed by atoms with Crippen LogP contribution in [0.3, 0.4) is 0 Å². The van der Waals surface area contributed by atoms with Crippen LogP contribution in [-0.4, -0.2) is 16.5 Å². The standard InChI is InChI=1S/C17H13NO4/c1-18-11-3-2-4-13(19)17(11)14(20)8-12(18)10-5-6-15-16(7-10)22-9-21-15/h2-8,19H,9H2,1H3. The molecule has 4 rings (SSSR count). The van der Waals surface area contributed by atoms with Gasteiger partial charge in [-0.2, -0.15) is 0 Å². The molecule has 0 amide bonds. The van der Waals surface area contributed by atoms with Crippen LogP contribution in [0.1, 0.15) is 0 Å². The summed E-state index contributed by atoms with van der Waals surface area (Å²) in [4.78, 5) is 12.4. The molecule has 0 bridgehead atoms. The van der Waals surface area contributed by atoms with Crippen LogP contribution in [0.2, 0.25) is 0 Å². The van der Waals surface area contributed by atoms with Crippen molar-refractivity contribution in [2.24, 2.45) is 7.05 Å². The van der Waals surface area contributed by atoms with Gasteiger partial charge in [0.1, 0.15) is 5.75 Å². The van der Waals surface area contributed by atoms with Gasteiger partial charge < -0.3 is 19.1 Å². The lowest BCUT2D eigenvalue weighted by molar-refractivity contribution is 0.174. The molecule has 5 nitrogen and oxygen atoms in total. The number of aryl methyl sites for hydroxylation is 1. The number of phenols is 1. The number of fused-ring (bicyclic) bond motifs is 2. The molecular weight excluding hydrogens is 282 g/mol. The Kier molecular flexibility index (Phi) is 2.63. The Morgan fingerprint density at radius 2 is 1.91 bits per heavy atom. The molecule has 5 heteroatoms. The van der Waals surface area contributed by atoms with Crippen molar-refractivity contribution in [3.05, 3.63) is 52.7 Å². The molecule has 22 heavy (non-hydrogen) atoms. The Labute approximate surface area is 126 Å². The van der Waals surface area contributed by atoms with Crippen molar-refractivity contribution in [1.82, 2.24) is 4.57 Å². The number of aromatic nitrogens is 1. The van der Waals surface area contributed by atoms with Gasteiger partial charge in [0.2, 0.25) is 6.79 Å². The second kappa shape index (κ2) is 4.53. The normalized spacial score (nSPS) is 12.8. The summed E-state index contributed by atoms with van der Waals surface area (Å²) in [5.74, 6) is 1.36. The number of hydrogen-bond donors (Lipinski definition) is 1. The lowest BCUT2D eigenvalue weighted by Gasteiger charge is -2.13. The first kappa shape index (κ1) is 12.8. The monoisotopic (exact) mass is 295 g/mol. The number of ether oxygens (including phenoxy) is 2. The fraction of sp³-hybridized carbons (Fsp3) is 0.118.